The molecule has 1 unspecified atom stereocenters. The number of ether oxygens (including phenoxy) is 1. The number of esters is 1. The fraction of sp³-hybridized carbons (Fsp3) is 0.125. The predicted octanol–water partition coefficient (Wildman–Crippen LogP) is 1.01. The molecule has 66 valence electrons. The van der Waals surface area contributed by atoms with E-state index in [0.717, 1.165) is 0 Å². The molecular formula is C8H6N2O2S. The van der Waals surface area contributed by atoms with E-state index in [9.17, 15) is 4.79 Å². The molecule has 13 heavy (non-hydrogen) atoms. The van der Waals surface area contributed by atoms with Gasteiger partial charge in [-0.15, -0.1) is 0 Å². The fourth-order valence-electron chi connectivity index (χ4n) is 0.864. The van der Waals surface area contributed by atoms with Crippen LogP contribution in [0.2, 0.25) is 0 Å². The number of hydrogen-bond donors (Lipinski definition) is 0. The zero-order valence-electron chi connectivity index (χ0n) is 6.58. The van der Waals surface area contributed by atoms with Gasteiger partial charge < -0.3 is 4.74 Å². The second-order valence-electron chi connectivity index (χ2n) is 2.31. The Kier molecular flexibility index (Phi) is 2.27. The SMILES string of the molecule is O=C1C=CC(Sc2ncccn2)O1. The van der Waals surface area contributed by atoms with Gasteiger partial charge in [0, 0.05) is 18.5 Å². The molecule has 0 aliphatic carbocycles. The van der Waals surface area contributed by atoms with Crippen molar-refractivity contribution in [2.45, 2.75) is 10.6 Å². The fourth-order valence-corrected chi connectivity index (χ4v) is 1.61. The quantitative estimate of drug-likeness (QED) is 0.519. The Morgan fingerprint density at radius 3 is 2.77 bits per heavy atom. The Labute approximate surface area is 79.0 Å². The minimum Gasteiger partial charge on any atom is -0.443 e. The predicted molar refractivity (Wildman–Crippen MR) is 46.9 cm³/mol. The van der Waals surface area contributed by atoms with Crippen LogP contribution in [0.1, 0.15) is 0 Å². The number of rotatable bonds is 2. The molecule has 0 saturated heterocycles. The lowest BCUT2D eigenvalue weighted by Crippen LogP contribution is -2.03. The Bertz CT molecular complexity index is 339. The summed E-state index contributed by atoms with van der Waals surface area (Å²) >= 11 is 1.30. The molecule has 0 radical (unpaired) electrons. The van der Waals surface area contributed by atoms with Crippen LogP contribution in [-0.4, -0.2) is 21.4 Å². The van der Waals surface area contributed by atoms with Crippen molar-refractivity contribution in [3.8, 4) is 0 Å². The van der Waals surface area contributed by atoms with Gasteiger partial charge in [-0.2, -0.15) is 0 Å². The van der Waals surface area contributed by atoms with Gasteiger partial charge in [0.15, 0.2) is 10.6 Å². The largest absolute Gasteiger partial charge is 0.443 e. The number of hydrogen-bond acceptors (Lipinski definition) is 5. The summed E-state index contributed by atoms with van der Waals surface area (Å²) in [5.41, 5.74) is -0.282. The zero-order valence-corrected chi connectivity index (χ0v) is 7.40. The Morgan fingerprint density at radius 2 is 2.15 bits per heavy atom. The lowest BCUT2D eigenvalue weighted by atomic mass is 10.6. The lowest BCUT2D eigenvalue weighted by Gasteiger charge is -2.04. The molecule has 0 bridgehead atoms. The highest BCUT2D eigenvalue weighted by Crippen LogP contribution is 2.23. The average molecular weight is 194 g/mol. The van der Waals surface area contributed by atoms with Gasteiger partial charge in [0.05, 0.1) is 0 Å². The first-order valence-electron chi connectivity index (χ1n) is 3.67. The van der Waals surface area contributed by atoms with Crippen LogP contribution in [0, 0.1) is 0 Å². The molecule has 0 saturated carbocycles. The molecule has 1 aliphatic heterocycles. The summed E-state index contributed by atoms with van der Waals surface area (Å²) in [7, 11) is 0. The van der Waals surface area contributed by atoms with Crippen molar-refractivity contribution >= 4 is 17.7 Å². The van der Waals surface area contributed by atoms with E-state index in [1.54, 1.807) is 24.5 Å². The molecule has 2 rings (SSSR count). The maximum absolute atomic E-state index is 10.7. The molecule has 0 amide bonds. The van der Waals surface area contributed by atoms with Gasteiger partial charge in [-0.25, -0.2) is 14.8 Å². The third kappa shape index (κ3) is 2.06. The number of thioether (sulfide) groups is 1. The van der Waals surface area contributed by atoms with Crippen LogP contribution >= 0.6 is 11.8 Å². The Hall–Kier alpha value is -1.36. The first-order chi connectivity index (χ1) is 6.34. The molecule has 0 spiro atoms. The second-order valence-corrected chi connectivity index (χ2v) is 3.38. The highest BCUT2D eigenvalue weighted by atomic mass is 32.2. The van der Waals surface area contributed by atoms with Gasteiger partial charge in [-0.1, -0.05) is 0 Å². The van der Waals surface area contributed by atoms with Crippen molar-refractivity contribution in [1.82, 2.24) is 9.97 Å². The van der Waals surface area contributed by atoms with Gasteiger partial charge in [-0.3, -0.25) is 0 Å². The van der Waals surface area contributed by atoms with Crippen molar-refractivity contribution in [3.05, 3.63) is 30.6 Å². The second kappa shape index (κ2) is 3.57. The summed E-state index contributed by atoms with van der Waals surface area (Å²) in [6, 6.07) is 1.74. The third-order valence-electron chi connectivity index (χ3n) is 1.39. The number of cyclic esters (lactones) is 1. The van der Waals surface area contributed by atoms with E-state index >= 15 is 0 Å². The lowest BCUT2D eigenvalue weighted by molar-refractivity contribution is -0.135. The number of aromatic nitrogens is 2. The highest BCUT2D eigenvalue weighted by Gasteiger charge is 2.18. The van der Waals surface area contributed by atoms with E-state index in [-0.39, 0.29) is 11.4 Å². The standard InChI is InChI=1S/C8H6N2O2S/c11-6-2-3-7(12-6)13-8-9-4-1-5-10-8/h1-5,7H. The van der Waals surface area contributed by atoms with Crippen LogP contribution < -0.4 is 0 Å². The van der Waals surface area contributed by atoms with Crippen LogP contribution in [0.5, 0.6) is 0 Å². The number of carbonyl (C=O) groups excluding carboxylic acids is 1. The molecule has 4 nitrogen and oxygen atoms in total. The molecule has 1 atom stereocenters. The highest BCUT2D eigenvalue weighted by molar-refractivity contribution is 7.99. The minimum atomic E-state index is -0.312. The zero-order chi connectivity index (χ0) is 9.10. The Balaban J connectivity index is 2.00. The van der Waals surface area contributed by atoms with Gasteiger partial charge in [-0.05, 0) is 23.9 Å². The van der Waals surface area contributed by atoms with Gasteiger partial charge >= 0.3 is 5.97 Å². The third-order valence-corrected chi connectivity index (χ3v) is 2.29. The summed E-state index contributed by atoms with van der Waals surface area (Å²) < 4.78 is 4.90. The van der Waals surface area contributed by atoms with Crippen LogP contribution in [0.4, 0.5) is 0 Å². The van der Waals surface area contributed by atoms with Crippen LogP contribution in [0.25, 0.3) is 0 Å². The molecule has 0 N–H and O–H groups in total. The van der Waals surface area contributed by atoms with E-state index < -0.39 is 0 Å². The smallest absolute Gasteiger partial charge is 0.332 e. The number of carbonyl (C=O) groups is 1. The topological polar surface area (TPSA) is 52.1 Å². The van der Waals surface area contributed by atoms with Crippen molar-refractivity contribution in [1.29, 1.82) is 0 Å². The molecule has 0 aromatic carbocycles. The van der Waals surface area contributed by atoms with E-state index in [1.165, 1.54) is 17.8 Å². The molecule has 1 aromatic heterocycles. The van der Waals surface area contributed by atoms with Crippen LogP contribution in [0.15, 0.2) is 35.8 Å². The van der Waals surface area contributed by atoms with E-state index in [1.807, 2.05) is 0 Å². The Morgan fingerprint density at radius 1 is 1.38 bits per heavy atom. The van der Waals surface area contributed by atoms with Gasteiger partial charge in [0.1, 0.15) is 0 Å². The molecular weight excluding hydrogens is 188 g/mol. The normalized spacial score (nSPS) is 20.3. The summed E-state index contributed by atoms with van der Waals surface area (Å²) in [4.78, 5) is 18.7. The van der Waals surface area contributed by atoms with Crippen molar-refractivity contribution in [3.63, 3.8) is 0 Å². The van der Waals surface area contributed by atoms with E-state index in [4.69, 9.17) is 4.74 Å². The summed E-state index contributed by atoms with van der Waals surface area (Å²) in [5.74, 6) is -0.312. The molecule has 1 aromatic rings. The van der Waals surface area contributed by atoms with E-state index in [0.29, 0.717) is 5.16 Å². The monoisotopic (exact) mass is 194 g/mol. The van der Waals surface area contributed by atoms with Gasteiger partial charge in [0.2, 0.25) is 0 Å². The van der Waals surface area contributed by atoms with Gasteiger partial charge in [0.25, 0.3) is 0 Å². The number of nitrogens with zero attached hydrogens (tertiary/aromatic N) is 2. The molecule has 0 fully saturated rings. The van der Waals surface area contributed by atoms with Crippen molar-refractivity contribution in [2.75, 3.05) is 0 Å². The molecule has 5 heteroatoms. The van der Waals surface area contributed by atoms with Crippen LogP contribution in [-0.2, 0) is 9.53 Å². The first kappa shape index (κ1) is 8.25. The minimum absolute atomic E-state index is 0.282. The van der Waals surface area contributed by atoms with Crippen molar-refractivity contribution < 1.29 is 9.53 Å². The maximum Gasteiger partial charge on any atom is 0.332 e. The summed E-state index contributed by atoms with van der Waals surface area (Å²) in [6.45, 7) is 0. The maximum atomic E-state index is 10.7. The first-order valence-corrected chi connectivity index (χ1v) is 4.55. The van der Waals surface area contributed by atoms with E-state index in [2.05, 4.69) is 9.97 Å². The molecule has 1 aliphatic rings. The summed E-state index contributed by atoms with van der Waals surface area (Å²) in [6.07, 6.45) is 6.38. The average Bonchev–Trinajstić information content (AvgIpc) is 2.53. The summed E-state index contributed by atoms with van der Waals surface area (Å²) in [5, 5.41) is 0.604. The molecule has 2 heterocycles. The van der Waals surface area contributed by atoms with Crippen LogP contribution in [0.3, 0.4) is 0 Å². The van der Waals surface area contributed by atoms with Crippen molar-refractivity contribution in [2.24, 2.45) is 0 Å².